The standard InChI is InChI=1S/C22H22Cl2N2O2S/c1-4-7-19-20(14-10-11-17(23)18(24)13-14)26(5-2)22(29-19)25-21(27)15-8-6-9-16(12-15)28-3/h6,8-13H,4-5,7H2,1-3H3. The molecule has 29 heavy (non-hydrogen) atoms. The smallest absolute Gasteiger partial charge is 0.279 e. The van der Waals surface area contributed by atoms with Crippen LogP contribution in [0.1, 0.15) is 35.5 Å². The summed E-state index contributed by atoms with van der Waals surface area (Å²) in [7, 11) is 1.57. The lowest BCUT2D eigenvalue weighted by atomic mass is 10.1. The van der Waals surface area contributed by atoms with Crippen molar-refractivity contribution in [2.24, 2.45) is 4.99 Å². The van der Waals surface area contributed by atoms with Crippen molar-refractivity contribution in [1.82, 2.24) is 4.57 Å². The third-order valence-corrected chi connectivity index (χ3v) is 6.36. The van der Waals surface area contributed by atoms with Crippen LogP contribution in [0, 0.1) is 0 Å². The van der Waals surface area contributed by atoms with Crippen molar-refractivity contribution >= 4 is 40.4 Å². The highest BCUT2D eigenvalue weighted by molar-refractivity contribution is 7.09. The van der Waals surface area contributed by atoms with Gasteiger partial charge in [0.2, 0.25) is 0 Å². The molecule has 3 aromatic rings. The number of methoxy groups -OCH3 is 1. The number of halogens is 2. The second kappa shape index (κ2) is 9.61. The van der Waals surface area contributed by atoms with E-state index in [9.17, 15) is 4.79 Å². The van der Waals surface area contributed by atoms with Crippen molar-refractivity contribution in [3.63, 3.8) is 0 Å². The molecule has 0 atom stereocenters. The first kappa shape index (κ1) is 21.6. The van der Waals surface area contributed by atoms with E-state index in [0.717, 1.165) is 24.1 Å². The SMILES string of the molecule is CCCc1sc(=NC(=O)c2cccc(OC)c2)n(CC)c1-c1ccc(Cl)c(Cl)c1. The van der Waals surface area contributed by atoms with Crippen molar-refractivity contribution in [2.45, 2.75) is 33.2 Å². The molecule has 0 saturated heterocycles. The zero-order valence-corrected chi connectivity index (χ0v) is 18.9. The number of carbonyl (C=O) groups excluding carboxylic acids is 1. The highest BCUT2D eigenvalue weighted by atomic mass is 35.5. The molecule has 1 aromatic heterocycles. The van der Waals surface area contributed by atoms with Gasteiger partial charge in [-0.1, -0.05) is 48.7 Å². The molecule has 2 aromatic carbocycles. The first-order chi connectivity index (χ1) is 14.0. The van der Waals surface area contributed by atoms with Gasteiger partial charge in [-0.15, -0.1) is 11.3 Å². The lowest BCUT2D eigenvalue weighted by Crippen LogP contribution is -2.17. The van der Waals surface area contributed by atoms with Crippen LogP contribution in [0.15, 0.2) is 47.5 Å². The Labute approximate surface area is 184 Å². The monoisotopic (exact) mass is 448 g/mol. The summed E-state index contributed by atoms with van der Waals surface area (Å²) in [5, 5.41) is 1.02. The first-order valence-electron chi connectivity index (χ1n) is 9.39. The Morgan fingerprint density at radius 3 is 2.59 bits per heavy atom. The van der Waals surface area contributed by atoms with E-state index < -0.39 is 0 Å². The van der Waals surface area contributed by atoms with Crippen molar-refractivity contribution in [3.05, 3.63) is 67.8 Å². The van der Waals surface area contributed by atoms with E-state index >= 15 is 0 Å². The number of ether oxygens (including phenoxy) is 1. The fraction of sp³-hybridized carbons (Fsp3) is 0.273. The minimum Gasteiger partial charge on any atom is -0.497 e. The zero-order valence-electron chi connectivity index (χ0n) is 16.5. The van der Waals surface area contributed by atoms with Crippen molar-refractivity contribution in [3.8, 4) is 17.0 Å². The van der Waals surface area contributed by atoms with Gasteiger partial charge in [0, 0.05) is 22.5 Å². The van der Waals surface area contributed by atoms with Crippen molar-refractivity contribution in [1.29, 1.82) is 0 Å². The van der Waals surface area contributed by atoms with Crippen LogP contribution < -0.4 is 9.54 Å². The number of hydrogen-bond donors (Lipinski definition) is 0. The predicted octanol–water partition coefficient (Wildman–Crippen LogP) is 6.25. The topological polar surface area (TPSA) is 43.6 Å². The maximum absolute atomic E-state index is 12.8. The number of nitrogens with zero attached hydrogens (tertiary/aromatic N) is 2. The van der Waals surface area contributed by atoms with Crippen LogP contribution in [0.2, 0.25) is 10.0 Å². The second-order valence-electron chi connectivity index (χ2n) is 6.43. The first-order valence-corrected chi connectivity index (χ1v) is 11.0. The number of thiazole rings is 1. The summed E-state index contributed by atoms with van der Waals surface area (Å²) in [5.74, 6) is 0.333. The van der Waals surface area contributed by atoms with Crippen LogP contribution >= 0.6 is 34.5 Å². The molecule has 0 spiro atoms. The van der Waals surface area contributed by atoms with E-state index in [1.165, 1.54) is 4.88 Å². The predicted molar refractivity (Wildman–Crippen MR) is 120 cm³/mol. The largest absolute Gasteiger partial charge is 0.497 e. The molecule has 0 N–H and O–H groups in total. The molecule has 1 heterocycles. The van der Waals surface area contributed by atoms with E-state index in [2.05, 4.69) is 16.5 Å². The highest BCUT2D eigenvalue weighted by Crippen LogP contribution is 2.32. The van der Waals surface area contributed by atoms with Gasteiger partial charge in [-0.25, -0.2) is 0 Å². The van der Waals surface area contributed by atoms with Crippen LogP contribution in [0.4, 0.5) is 0 Å². The molecule has 0 fully saturated rings. The summed E-state index contributed by atoms with van der Waals surface area (Å²) in [4.78, 5) is 19.1. The molecular weight excluding hydrogens is 427 g/mol. The molecule has 0 bridgehead atoms. The molecule has 3 rings (SSSR count). The van der Waals surface area contributed by atoms with Crippen LogP contribution in [0.3, 0.4) is 0 Å². The van der Waals surface area contributed by atoms with Crippen LogP contribution in [-0.2, 0) is 13.0 Å². The average molecular weight is 449 g/mol. The molecule has 0 aliphatic rings. The minimum absolute atomic E-state index is 0.295. The summed E-state index contributed by atoms with van der Waals surface area (Å²) in [6, 6.07) is 12.6. The normalized spacial score (nSPS) is 11.7. The van der Waals surface area contributed by atoms with E-state index in [0.29, 0.717) is 32.7 Å². The number of hydrogen-bond acceptors (Lipinski definition) is 3. The third-order valence-electron chi connectivity index (χ3n) is 4.48. The van der Waals surface area contributed by atoms with Gasteiger partial charge in [0.25, 0.3) is 5.91 Å². The summed E-state index contributed by atoms with van der Waals surface area (Å²) < 4.78 is 7.28. The van der Waals surface area contributed by atoms with E-state index in [1.54, 1.807) is 48.8 Å². The van der Waals surface area contributed by atoms with E-state index in [4.69, 9.17) is 27.9 Å². The summed E-state index contributed by atoms with van der Waals surface area (Å²) in [6.07, 6.45) is 1.88. The number of aryl methyl sites for hydroxylation is 1. The molecular formula is C22H22Cl2N2O2S. The van der Waals surface area contributed by atoms with Crippen molar-refractivity contribution < 1.29 is 9.53 Å². The Morgan fingerprint density at radius 2 is 1.93 bits per heavy atom. The van der Waals surface area contributed by atoms with E-state index in [-0.39, 0.29) is 5.91 Å². The maximum atomic E-state index is 12.8. The zero-order chi connectivity index (χ0) is 21.0. The Hall–Kier alpha value is -2.08. The summed E-state index contributed by atoms with van der Waals surface area (Å²) in [5.41, 5.74) is 2.50. The Balaban J connectivity index is 2.15. The van der Waals surface area contributed by atoms with Gasteiger partial charge < -0.3 is 9.30 Å². The fourth-order valence-electron chi connectivity index (χ4n) is 3.10. The highest BCUT2D eigenvalue weighted by Gasteiger charge is 2.16. The number of benzene rings is 2. The van der Waals surface area contributed by atoms with Gasteiger partial charge in [0.1, 0.15) is 5.75 Å². The summed E-state index contributed by atoms with van der Waals surface area (Å²) >= 11 is 13.9. The Bertz CT molecular complexity index is 1100. The molecule has 0 aliphatic heterocycles. The molecule has 0 aliphatic carbocycles. The Morgan fingerprint density at radius 1 is 1.14 bits per heavy atom. The van der Waals surface area contributed by atoms with Crippen molar-refractivity contribution in [2.75, 3.05) is 7.11 Å². The molecule has 7 heteroatoms. The molecule has 152 valence electrons. The lowest BCUT2D eigenvalue weighted by molar-refractivity contribution is 0.0997. The Kier molecular flexibility index (Phi) is 7.17. The third kappa shape index (κ3) is 4.74. The molecule has 0 radical (unpaired) electrons. The lowest BCUT2D eigenvalue weighted by Gasteiger charge is -2.10. The van der Waals surface area contributed by atoms with Gasteiger partial charge in [-0.3, -0.25) is 4.79 Å². The number of aromatic nitrogens is 1. The number of carbonyl (C=O) groups is 1. The number of rotatable bonds is 6. The van der Waals surface area contributed by atoms with Crippen LogP contribution in [0.25, 0.3) is 11.3 Å². The fourth-order valence-corrected chi connectivity index (χ4v) is 4.71. The van der Waals surface area contributed by atoms with Gasteiger partial charge in [0.05, 0.1) is 22.8 Å². The van der Waals surface area contributed by atoms with Gasteiger partial charge in [-0.05, 0) is 43.7 Å². The molecule has 4 nitrogen and oxygen atoms in total. The number of amides is 1. The maximum Gasteiger partial charge on any atom is 0.279 e. The second-order valence-corrected chi connectivity index (χ2v) is 8.30. The van der Waals surface area contributed by atoms with Gasteiger partial charge in [-0.2, -0.15) is 4.99 Å². The van der Waals surface area contributed by atoms with Gasteiger partial charge in [0.15, 0.2) is 4.80 Å². The average Bonchev–Trinajstić information content (AvgIpc) is 3.07. The van der Waals surface area contributed by atoms with Crippen LogP contribution in [-0.4, -0.2) is 17.6 Å². The molecule has 0 saturated carbocycles. The van der Waals surface area contributed by atoms with Crippen LogP contribution in [0.5, 0.6) is 5.75 Å². The summed E-state index contributed by atoms with van der Waals surface area (Å²) in [6.45, 7) is 4.85. The minimum atomic E-state index is -0.295. The van der Waals surface area contributed by atoms with Gasteiger partial charge >= 0.3 is 0 Å². The molecule has 1 amide bonds. The van der Waals surface area contributed by atoms with E-state index in [1.807, 2.05) is 19.1 Å². The quantitative estimate of drug-likeness (QED) is 0.447. The molecule has 0 unspecified atom stereocenters.